The molecule has 0 amide bonds. The maximum Gasteiger partial charge on any atom is 0.215 e. The number of Topliss-reactive ketones (excluding diaryl/α,β-unsaturated/α-hetero) is 1. The summed E-state index contributed by atoms with van der Waals surface area (Å²) in [5, 5.41) is 48.0. The van der Waals surface area contributed by atoms with E-state index < -0.39 is 16.6 Å². The van der Waals surface area contributed by atoms with E-state index in [0.29, 0.717) is 5.69 Å². The van der Waals surface area contributed by atoms with Crippen LogP contribution in [0.1, 0.15) is 13.8 Å². The Hall–Kier alpha value is -3.75. The lowest BCUT2D eigenvalue weighted by Gasteiger charge is -2.36. The summed E-state index contributed by atoms with van der Waals surface area (Å²) < 4.78 is 0. The summed E-state index contributed by atoms with van der Waals surface area (Å²) in [5.41, 5.74) is 0.423. The Balaban J connectivity index is 2.32. The Bertz CT molecular complexity index is 940. The van der Waals surface area contributed by atoms with Crippen LogP contribution in [0.2, 0.25) is 0 Å². The fourth-order valence-electron chi connectivity index (χ4n) is 2.67. The van der Waals surface area contributed by atoms with E-state index in [2.05, 4.69) is 10.5 Å². The van der Waals surface area contributed by atoms with Gasteiger partial charge in [-0.2, -0.15) is 15.6 Å². The maximum absolute atomic E-state index is 12.7. The maximum atomic E-state index is 12.7. The molecule has 0 saturated carbocycles. The second kappa shape index (κ2) is 7.24. The first kappa shape index (κ1) is 19.6. The van der Waals surface area contributed by atoms with Crippen molar-refractivity contribution in [2.24, 2.45) is 15.9 Å². The number of benzene rings is 1. The third-order valence-electron chi connectivity index (χ3n) is 4.30. The van der Waals surface area contributed by atoms with Crippen molar-refractivity contribution in [1.29, 1.82) is 15.9 Å². The van der Waals surface area contributed by atoms with E-state index in [9.17, 15) is 15.3 Å². The van der Waals surface area contributed by atoms with Gasteiger partial charge in [-0.05, 0) is 30.1 Å². The summed E-state index contributed by atoms with van der Waals surface area (Å²) in [7, 11) is 0. The second-order valence-corrected chi connectivity index (χ2v) is 6.33. The summed E-state index contributed by atoms with van der Waals surface area (Å²) >= 11 is 0. The molecule has 9 nitrogen and oxygen atoms in total. The van der Waals surface area contributed by atoms with E-state index >= 15 is 0 Å². The van der Waals surface area contributed by atoms with Gasteiger partial charge in [0.25, 0.3) is 0 Å². The number of nitrogens with zero attached hydrogens (tertiary/aromatic N) is 4. The summed E-state index contributed by atoms with van der Waals surface area (Å²) in [6.07, 6.45) is 2.84. The van der Waals surface area contributed by atoms with Crippen LogP contribution in [0.25, 0.3) is 0 Å². The molecule has 9 heteroatoms. The van der Waals surface area contributed by atoms with Gasteiger partial charge in [-0.1, -0.05) is 19.9 Å². The van der Waals surface area contributed by atoms with Gasteiger partial charge in [-0.3, -0.25) is 26.0 Å². The van der Waals surface area contributed by atoms with Crippen molar-refractivity contribution < 1.29 is 15.2 Å². The van der Waals surface area contributed by atoms with E-state index in [1.54, 1.807) is 44.2 Å². The molecule has 0 fully saturated rings. The van der Waals surface area contributed by atoms with Crippen molar-refractivity contribution in [3.05, 3.63) is 41.5 Å². The largest absolute Gasteiger partial charge is 0.290 e. The Morgan fingerprint density at radius 2 is 1.81 bits per heavy atom. The highest BCUT2D eigenvalue weighted by molar-refractivity contribution is 6.19. The van der Waals surface area contributed by atoms with Crippen LogP contribution in [0.4, 0.5) is 11.4 Å². The van der Waals surface area contributed by atoms with Gasteiger partial charge in [-0.15, -0.1) is 5.23 Å². The van der Waals surface area contributed by atoms with Crippen molar-refractivity contribution in [1.82, 2.24) is 0 Å². The molecule has 0 unspecified atom stereocenters. The molecular formula is C18H16N6O3. The minimum absolute atomic E-state index is 0.0224. The molecule has 0 spiro atoms. The van der Waals surface area contributed by atoms with Gasteiger partial charge < -0.3 is 0 Å². The number of hydrogen-bond acceptors (Lipinski definition) is 9. The zero-order chi connectivity index (χ0) is 20.2. The number of allylic oxidation sites excluding steroid dienone is 3. The Morgan fingerprint density at radius 1 is 1.22 bits per heavy atom. The lowest BCUT2D eigenvalue weighted by molar-refractivity contribution is -0.123. The highest BCUT2D eigenvalue weighted by atomic mass is 16.8. The van der Waals surface area contributed by atoms with Crippen molar-refractivity contribution in [3.8, 4) is 12.1 Å². The normalized spacial score (nSPS) is 17.5. The van der Waals surface area contributed by atoms with Gasteiger partial charge in [0, 0.05) is 11.0 Å². The van der Waals surface area contributed by atoms with Crippen LogP contribution in [0.15, 0.2) is 46.6 Å². The molecule has 1 aliphatic carbocycles. The number of ketones is 1. The van der Waals surface area contributed by atoms with E-state index in [1.165, 1.54) is 18.3 Å². The van der Waals surface area contributed by atoms with Crippen LogP contribution in [0.3, 0.4) is 0 Å². The second-order valence-electron chi connectivity index (χ2n) is 6.33. The predicted octanol–water partition coefficient (Wildman–Crippen LogP) is 2.41. The van der Waals surface area contributed by atoms with Crippen LogP contribution in [0, 0.1) is 38.9 Å². The van der Waals surface area contributed by atoms with Gasteiger partial charge >= 0.3 is 0 Å². The number of hydrazone groups is 1. The molecule has 0 heterocycles. The summed E-state index contributed by atoms with van der Waals surface area (Å²) in [6, 6.07) is 9.52. The number of carbonyl (C=O) groups excluding carboxylic acids is 1. The van der Waals surface area contributed by atoms with E-state index in [4.69, 9.17) is 15.8 Å². The Morgan fingerprint density at radius 3 is 2.30 bits per heavy atom. The Labute approximate surface area is 155 Å². The molecule has 0 radical (unpaired) electrons. The third kappa shape index (κ3) is 3.34. The standard InChI is InChI=1S/C18H16N6O3/c1-17(2)7-12(15(8-19)16(25)18(17,10-20)11-21)9-22-23-13-3-5-14(6-4-13)24(26)27/h3-7,9,19,23,26-27H,1-2H3. The fourth-order valence-corrected chi connectivity index (χ4v) is 2.67. The van der Waals surface area contributed by atoms with Crippen molar-refractivity contribution in [2.75, 3.05) is 10.7 Å². The number of anilines is 2. The lowest BCUT2D eigenvalue weighted by Crippen LogP contribution is -2.46. The topological polar surface area (TPSA) is 157 Å². The first-order valence-corrected chi connectivity index (χ1v) is 7.69. The molecule has 0 bridgehead atoms. The molecular weight excluding hydrogens is 348 g/mol. The fraction of sp³-hybridized carbons (Fsp3) is 0.222. The molecule has 1 aromatic carbocycles. The number of carbonyl (C=O) groups is 1. The number of nitriles is 2. The quantitative estimate of drug-likeness (QED) is 0.363. The van der Waals surface area contributed by atoms with Gasteiger partial charge in [0.05, 0.1) is 35.3 Å². The SMILES string of the molecule is CC1(C)C=C(C=NNc2ccc(N(O)O)cc2)C(=C=N)C(=O)C1(C#N)C#N. The molecule has 136 valence electrons. The number of nitrogens with one attached hydrogen (secondary N) is 2. The van der Waals surface area contributed by atoms with Crippen LogP contribution in [-0.2, 0) is 4.79 Å². The molecule has 0 aliphatic heterocycles. The summed E-state index contributed by atoms with van der Waals surface area (Å²) in [4.78, 5) is 12.7. The molecule has 4 N–H and O–H groups in total. The van der Waals surface area contributed by atoms with Gasteiger partial charge in [-0.25, -0.2) is 0 Å². The highest BCUT2D eigenvalue weighted by Crippen LogP contribution is 2.46. The first-order valence-electron chi connectivity index (χ1n) is 7.69. The van der Waals surface area contributed by atoms with Crippen LogP contribution in [-0.4, -0.2) is 28.3 Å². The average molecular weight is 364 g/mol. The summed E-state index contributed by atoms with van der Waals surface area (Å²) in [6.45, 7) is 3.18. The molecule has 1 aliphatic rings. The zero-order valence-corrected chi connectivity index (χ0v) is 14.6. The average Bonchev–Trinajstić information content (AvgIpc) is 2.63. The zero-order valence-electron chi connectivity index (χ0n) is 14.6. The molecule has 1 aromatic rings. The van der Waals surface area contributed by atoms with Crippen LogP contribution in [0.5, 0.6) is 0 Å². The molecule has 0 saturated heterocycles. The number of rotatable bonds is 4. The minimum Gasteiger partial charge on any atom is -0.290 e. The predicted molar refractivity (Wildman–Crippen MR) is 96.4 cm³/mol. The lowest BCUT2D eigenvalue weighted by atomic mass is 9.59. The third-order valence-corrected chi connectivity index (χ3v) is 4.30. The monoisotopic (exact) mass is 364 g/mol. The molecule has 2 rings (SSSR count). The van der Waals surface area contributed by atoms with Crippen molar-refractivity contribution in [2.45, 2.75) is 13.8 Å². The van der Waals surface area contributed by atoms with E-state index in [0.717, 1.165) is 0 Å². The minimum atomic E-state index is -1.93. The Kier molecular flexibility index (Phi) is 5.25. The highest BCUT2D eigenvalue weighted by Gasteiger charge is 2.55. The van der Waals surface area contributed by atoms with Gasteiger partial charge in [0.2, 0.25) is 11.2 Å². The van der Waals surface area contributed by atoms with Gasteiger partial charge in [0.1, 0.15) is 0 Å². The molecule has 0 aromatic heterocycles. The molecule has 0 atom stereocenters. The van der Waals surface area contributed by atoms with Crippen LogP contribution >= 0.6 is 0 Å². The van der Waals surface area contributed by atoms with Crippen molar-refractivity contribution >= 4 is 29.2 Å². The van der Waals surface area contributed by atoms with E-state index in [1.807, 2.05) is 5.87 Å². The van der Waals surface area contributed by atoms with E-state index in [-0.39, 0.29) is 22.1 Å². The molecule has 27 heavy (non-hydrogen) atoms. The van der Waals surface area contributed by atoms with Crippen LogP contribution < -0.4 is 10.7 Å². The van der Waals surface area contributed by atoms with Gasteiger partial charge in [0.15, 0.2) is 0 Å². The summed E-state index contributed by atoms with van der Waals surface area (Å²) in [5.74, 6) is 1.21. The smallest absolute Gasteiger partial charge is 0.215 e. The number of hydrogen-bond donors (Lipinski definition) is 4. The van der Waals surface area contributed by atoms with Crippen molar-refractivity contribution in [3.63, 3.8) is 0 Å². The first-order chi connectivity index (χ1) is 12.7.